The van der Waals surface area contributed by atoms with Gasteiger partial charge in [0.1, 0.15) is 12.1 Å². The minimum atomic E-state index is 0.415. The average Bonchev–Trinajstić information content (AvgIpc) is 2.48. The number of aromatic nitrogens is 2. The van der Waals surface area contributed by atoms with E-state index in [4.69, 9.17) is 9.47 Å². The Morgan fingerprint density at radius 3 is 2.67 bits per heavy atom. The Bertz CT molecular complexity index is 614. The van der Waals surface area contributed by atoms with Crippen molar-refractivity contribution >= 4 is 5.82 Å². The lowest BCUT2D eigenvalue weighted by atomic mass is 10.1. The number of hydrogen-bond donors (Lipinski definition) is 1. The number of nitrogens with one attached hydrogen (secondary N) is 1. The molecule has 0 fully saturated rings. The van der Waals surface area contributed by atoms with E-state index in [0.717, 1.165) is 24.3 Å². The van der Waals surface area contributed by atoms with E-state index < -0.39 is 0 Å². The highest BCUT2D eigenvalue weighted by molar-refractivity contribution is 5.56. The molecule has 0 aliphatic carbocycles. The van der Waals surface area contributed by atoms with Crippen molar-refractivity contribution in [3.63, 3.8) is 0 Å². The second-order valence-electron chi connectivity index (χ2n) is 4.86. The van der Waals surface area contributed by atoms with Gasteiger partial charge in [0.25, 0.3) is 5.88 Å². The highest BCUT2D eigenvalue weighted by Crippen LogP contribution is 2.35. The molecule has 2 rings (SSSR count). The van der Waals surface area contributed by atoms with Crippen LogP contribution in [-0.2, 0) is 0 Å². The number of ether oxygens (including phenoxy) is 2. The van der Waals surface area contributed by atoms with Crippen LogP contribution >= 0.6 is 0 Å². The van der Waals surface area contributed by atoms with Crippen LogP contribution in [-0.4, -0.2) is 23.6 Å². The van der Waals surface area contributed by atoms with Crippen molar-refractivity contribution in [1.29, 1.82) is 0 Å². The number of anilines is 1. The van der Waals surface area contributed by atoms with E-state index in [9.17, 15) is 0 Å². The van der Waals surface area contributed by atoms with Gasteiger partial charge < -0.3 is 14.8 Å². The number of aryl methyl sites for hydroxylation is 2. The summed E-state index contributed by atoms with van der Waals surface area (Å²) in [6.45, 7) is 6.96. The first-order chi connectivity index (χ1) is 10.2. The third kappa shape index (κ3) is 3.62. The van der Waals surface area contributed by atoms with Gasteiger partial charge in [-0.15, -0.1) is 0 Å². The lowest BCUT2D eigenvalue weighted by Crippen LogP contribution is -2.06. The van der Waals surface area contributed by atoms with Gasteiger partial charge in [-0.05, 0) is 31.9 Å². The molecule has 2 aromatic rings. The van der Waals surface area contributed by atoms with Gasteiger partial charge in [0.05, 0.1) is 7.11 Å². The third-order valence-corrected chi connectivity index (χ3v) is 3.05. The first-order valence-electron chi connectivity index (χ1n) is 7.03. The fraction of sp³-hybridized carbons (Fsp3) is 0.375. The normalized spacial score (nSPS) is 10.3. The van der Waals surface area contributed by atoms with E-state index >= 15 is 0 Å². The molecule has 0 unspecified atom stereocenters. The molecular weight excluding hydrogens is 266 g/mol. The summed E-state index contributed by atoms with van der Waals surface area (Å²) < 4.78 is 11.3. The maximum absolute atomic E-state index is 5.89. The van der Waals surface area contributed by atoms with E-state index in [2.05, 4.69) is 35.2 Å². The number of nitrogens with zero attached hydrogens (tertiary/aromatic N) is 2. The quantitative estimate of drug-likeness (QED) is 0.877. The Hall–Kier alpha value is -2.30. The molecular formula is C16H21N3O2. The second-order valence-corrected chi connectivity index (χ2v) is 4.86. The van der Waals surface area contributed by atoms with E-state index in [-0.39, 0.29) is 0 Å². The molecule has 0 bridgehead atoms. The van der Waals surface area contributed by atoms with Gasteiger partial charge in [0, 0.05) is 6.54 Å². The standard InChI is InChI=1S/C16H21N3O2/c1-5-8-17-15-14(20-4)16(19-10-18-15)21-13-7-6-11(2)9-12(13)3/h6-7,9-10H,5,8H2,1-4H3,(H,17,18,19). The Morgan fingerprint density at radius 2 is 2.00 bits per heavy atom. The SMILES string of the molecule is CCCNc1ncnc(Oc2ccc(C)cc2C)c1OC. The van der Waals surface area contributed by atoms with Crippen LogP contribution in [0.4, 0.5) is 5.82 Å². The zero-order valence-corrected chi connectivity index (χ0v) is 12.9. The van der Waals surface area contributed by atoms with Crippen LogP contribution in [0, 0.1) is 13.8 Å². The molecule has 0 atom stereocenters. The molecule has 5 nitrogen and oxygen atoms in total. The van der Waals surface area contributed by atoms with Gasteiger partial charge >= 0.3 is 0 Å². The first kappa shape index (κ1) is 15.1. The molecule has 0 saturated heterocycles. The Balaban J connectivity index is 2.30. The highest BCUT2D eigenvalue weighted by atomic mass is 16.5. The van der Waals surface area contributed by atoms with Crippen molar-refractivity contribution in [2.45, 2.75) is 27.2 Å². The maximum atomic E-state index is 5.89. The van der Waals surface area contributed by atoms with Crippen molar-refractivity contribution in [1.82, 2.24) is 9.97 Å². The first-order valence-corrected chi connectivity index (χ1v) is 7.03. The molecule has 112 valence electrons. The summed E-state index contributed by atoms with van der Waals surface area (Å²) in [4.78, 5) is 8.38. The van der Waals surface area contributed by atoms with Crippen molar-refractivity contribution in [2.24, 2.45) is 0 Å². The van der Waals surface area contributed by atoms with Crippen molar-refractivity contribution < 1.29 is 9.47 Å². The Kier molecular flexibility index (Phi) is 4.98. The fourth-order valence-corrected chi connectivity index (χ4v) is 2.00. The lowest BCUT2D eigenvalue weighted by molar-refractivity contribution is 0.368. The molecule has 1 aromatic carbocycles. The van der Waals surface area contributed by atoms with Crippen LogP contribution < -0.4 is 14.8 Å². The molecule has 0 spiro atoms. The van der Waals surface area contributed by atoms with Gasteiger partial charge in [-0.25, -0.2) is 4.98 Å². The van der Waals surface area contributed by atoms with E-state index in [1.165, 1.54) is 11.9 Å². The molecule has 0 aliphatic rings. The van der Waals surface area contributed by atoms with Gasteiger partial charge in [0.15, 0.2) is 5.82 Å². The largest absolute Gasteiger partial charge is 0.489 e. The van der Waals surface area contributed by atoms with E-state index in [0.29, 0.717) is 17.4 Å². The molecule has 0 amide bonds. The molecule has 0 saturated carbocycles. The summed E-state index contributed by atoms with van der Waals surface area (Å²) in [6, 6.07) is 6.01. The monoisotopic (exact) mass is 287 g/mol. The molecule has 5 heteroatoms. The zero-order valence-electron chi connectivity index (χ0n) is 12.9. The second kappa shape index (κ2) is 6.92. The van der Waals surface area contributed by atoms with Gasteiger partial charge in [0.2, 0.25) is 5.75 Å². The van der Waals surface area contributed by atoms with Gasteiger partial charge in [-0.3, -0.25) is 0 Å². The van der Waals surface area contributed by atoms with Crippen LogP contribution in [0.5, 0.6) is 17.4 Å². The predicted octanol–water partition coefficient (Wildman–Crippen LogP) is 3.72. The van der Waals surface area contributed by atoms with Crippen LogP contribution in [0.2, 0.25) is 0 Å². The van der Waals surface area contributed by atoms with Crippen molar-refractivity contribution in [2.75, 3.05) is 19.0 Å². The summed E-state index contributed by atoms with van der Waals surface area (Å²) in [5, 5.41) is 3.21. The third-order valence-electron chi connectivity index (χ3n) is 3.05. The molecule has 1 N–H and O–H groups in total. The molecule has 0 aliphatic heterocycles. The van der Waals surface area contributed by atoms with E-state index in [1.807, 2.05) is 19.1 Å². The van der Waals surface area contributed by atoms with Gasteiger partial charge in [-0.2, -0.15) is 4.98 Å². The number of methoxy groups -OCH3 is 1. The van der Waals surface area contributed by atoms with Crippen molar-refractivity contribution in [3.05, 3.63) is 35.7 Å². The molecule has 1 heterocycles. The fourth-order valence-electron chi connectivity index (χ4n) is 2.00. The lowest BCUT2D eigenvalue weighted by Gasteiger charge is -2.14. The van der Waals surface area contributed by atoms with Crippen LogP contribution in [0.15, 0.2) is 24.5 Å². The highest BCUT2D eigenvalue weighted by Gasteiger charge is 2.14. The number of rotatable bonds is 6. The molecule has 1 aromatic heterocycles. The number of benzene rings is 1. The van der Waals surface area contributed by atoms with Crippen molar-refractivity contribution in [3.8, 4) is 17.4 Å². The molecule has 0 radical (unpaired) electrons. The predicted molar refractivity (Wildman–Crippen MR) is 83.4 cm³/mol. The van der Waals surface area contributed by atoms with Crippen LogP contribution in [0.25, 0.3) is 0 Å². The summed E-state index contributed by atoms with van der Waals surface area (Å²) in [7, 11) is 1.59. The Morgan fingerprint density at radius 1 is 1.19 bits per heavy atom. The smallest absolute Gasteiger partial charge is 0.268 e. The molecule has 21 heavy (non-hydrogen) atoms. The van der Waals surface area contributed by atoms with Crippen LogP contribution in [0.1, 0.15) is 24.5 Å². The summed E-state index contributed by atoms with van der Waals surface area (Å²) in [5.74, 6) is 2.34. The maximum Gasteiger partial charge on any atom is 0.268 e. The van der Waals surface area contributed by atoms with Crippen LogP contribution in [0.3, 0.4) is 0 Å². The minimum Gasteiger partial charge on any atom is -0.489 e. The zero-order chi connectivity index (χ0) is 15.2. The summed E-state index contributed by atoms with van der Waals surface area (Å²) in [6.07, 6.45) is 2.47. The Labute approximate surface area is 125 Å². The summed E-state index contributed by atoms with van der Waals surface area (Å²) >= 11 is 0. The summed E-state index contributed by atoms with van der Waals surface area (Å²) in [5.41, 5.74) is 2.25. The number of hydrogen-bond acceptors (Lipinski definition) is 5. The van der Waals surface area contributed by atoms with Gasteiger partial charge in [-0.1, -0.05) is 24.6 Å². The topological polar surface area (TPSA) is 56.3 Å². The van der Waals surface area contributed by atoms with E-state index in [1.54, 1.807) is 7.11 Å². The minimum absolute atomic E-state index is 0.415. The average molecular weight is 287 g/mol.